The fraction of sp³-hybridized carbons (Fsp3) is 0.500. The number of halogens is 2. The van der Waals surface area contributed by atoms with E-state index in [9.17, 15) is 14.0 Å². The van der Waals surface area contributed by atoms with E-state index in [1.807, 2.05) is 13.8 Å². The highest BCUT2D eigenvalue weighted by molar-refractivity contribution is 6.39. The van der Waals surface area contributed by atoms with Crippen molar-refractivity contribution in [3.8, 4) is 0 Å². The lowest BCUT2D eigenvalue weighted by molar-refractivity contribution is -0.136. The van der Waals surface area contributed by atoms with Crippen LogP contribution in [-0.4, -0.2) is 55.1 Å². The van der Waals surface area contributed by atoms with Crippen LogP contribution < -0.4 is 10.6 Å². The summed E-state index contributed by atoms with van der Waals surface area (Å²) in [5.41, 5.74) is -0.129. The number of amides is 2. The molecule has 1 aliphatic rings. The highest BCUT2D eigenvalue weighted by atomic mass is 35.5. The third-order valence-electron chi connectivity index (χ3n) is 3.93. The molecule has 0 aliphatic carbocycles. The van der Waals surface area contributed by atoms with Gasteiger partial charge in [0.1, 0.15) is 5.82 Å². The quantitative estimate of drug-likeness (QED) is 0.804. The van der Waals surface area contributed by atoms with Gasteiger partial charge in [-0.1, -0.05) is 11.6 Å². The van der Waals surface area contributed by atoms with Crippen LogP contribution in [0.1, 0.15) is 13.8 Å². The Kier molecular flexibility index (Phi) is 6.15. The lowest BCUT2D eigenvalue weighted by atomic mass is 10.0. The number of nitrogens with zero attached hydrogens (tertiary/aromatic N) is 1. The van der Waals surface area contributed by atoms with Gasteiger partial charge < -0.3 is 15.4 Å². The van der Waals surface area contributed by atoms with E-state index in [1.165, 1.54) is 12.1 Å². The Morgan fingerprint density at radius 1 is 1.29 bits per heavy atom. The second kappa shape index (κ2) is 7.92. The number of hydrogen-bond donors (Lipinski definition) is 2. The first-order valence-electron chi connectivity index (χ1n) is 7.66. The number of benzene rings is 1. The number of morpholine rings is 1. The predicted octanol–water partition coefficient (Wildman–Crippen LogP) is 1.64. The Hall–Kier alpha value is -1.70. The number of ether oxygens (including phenoxy) is 1. The van der Waals surface area contributed by atoms with Gasteiger partial charge in [-0.05, 0) is 32.0 Å². The Balaban J connectivity index is 1.86. The molecule has 2 N–H and O–H groups in total. The number of rotatable bonds is 4. The molecule has 0 aromatic heterocycles. The zero-order valence-electron chi connectivity index (χ0n) is 13.7. The summed E-state index contributed by atoms with van der Waals surface area (Å²) in [5, 5.41) is 4.90. The summed E-state index contributed by atoms with van der Waals surface area (Å²) < 4.78 is 18.7. The van der Waals surface area contributed by atoms with Gasteiger partial charge in [0.15, 0.2) is 0 Å². The van der Waals surface area contributed by atoms with Gasteiger partial charge in [-0.25, -0.2) is 4.39 Å². The van der Waals surface area contributed by atoms with Gasteiger partial charge in [-0.15, -0.1) is 0 Å². The third kappa shape index (κ3) is 4.90. The largest absolute Gasteiger partial charge is 0.379 e. The summed E-state index contributed by atoms with van der Waals surface area (Å²) in [5.74, 6) is -2.29. The molecule has 1 aromatic carbocycles. The van der Waals surface area contributed by atoms with Crippen LogP contribution >= 0.6 is 11.6 Å². The topological polar surface area (TPSA) is 70.7 Å². The molecule has 24 heavy (non-hydrogen) atoms. The van der Waals surface area contributed by atoms with Gasteiger partial charge in [0.2, 0.25) is 0 Å². The van der Waals surface area contributed by atoms with E-state index in [-0.39, 0.29) is 16.2 Å². The maximum absolute atomic E-state index is 13.3. The minimum atomic E-state index is -0.852. The van der Waals surface area contributed by atoms with Crippen molar-refractivity contribution in [1.82, 2.24) is 10.2 Å². The second-order valence-corrected chi connectivity index (χ2v) is 6.58. The van der Waals surface area contributed by atoms with Crippen LogP contribution in [0.25, 0.3) is 0 Å². The molecular weight excluding hydrogens is 337 g/mol. The van der Waals surface area contributed by atoms with Gasteiger partial charge in [0.25, 0.3) is 0 Å². The molecule has 0 radical (unpaired) electrons. The number of carbonyl (C=O) groups excluding carboxylic acids is 2. The smallest absolute Gasteiger partial charge is 0.313 e. The second-order valence-electron chi connectivity index (χ2n) is 6.18. The van der Waals surface area contributed by atoms with E-state index in [0.717, 1.165) is 19.2 Å². The Morgan fingerprint density at radius 3 is 2.58 bits per heavy atom. The summed E-state index contributed by atoms with van der Waals surface area (Å²) in [6.07, 6.45) is 0. The average Bonchev–Trinajstić information content (AvgIpc) is 2.57. The predicted molar refractivity (Wildman–Crippen MR) is 89.5 cm³/mol. The molecule has 0 bridgehead atoms. The molecule has 6 nitrogen and oxygen atoms in total. The number of hydrogen-bond acceptors (Lipinski definition) is 4. The summed E-state index contributed by atoms with van der Waals surface area (Å²) in [6, 6.07) is 3.80. The van der Waals surface area contributed by atoms with E-state index in [2.05, 4.69) is 15.5 Å². The molecule has 132 valence electrons. The van der Waals surface area contributed by atoms with E-state index in [1.54, 1.807) is 0 Å². The van der Waals surface area contributed by atoms with Gasteiger partial charge in [0.05, 0.1) is 18.2 Å². The van der Waals surface area contributed by atoms with Crippen molar-refractivity contribution in [3.63, 3.8) is 0 Å². The fourth-order valence-corrected chi connectivity index (χ4v) is 2.54. The maximum Gasteiger partial charge on any atom is 0.313 e. The number of carbonyl (C=O) groups is 2. The molecule has 0 unspecified atom stereocenters. The van der Waals surface area contributed by atoms with Crippen LogP contribution in [0.2, 0.25) is 5.02 Å². The van der Waals surface area contributed by atoms with Crippen molar-refractivity contribution in [2.24, 2.45) is 0 Å². The molecule has 1 aromatic rings. The van der Waals surface area contributed by atoms with Crippen LogP contribution in [-0.2, 0) is 14.3 Å². The molecule has 2 rings (SSSR count). The number of anilines is 1. The first-order valence-corrected chi connectivity index (χ1v) is 8.04. The van der Waals surface area contributed by atoms with Crippen LogP contribution in [0.5, 0.6) is 0 Å². The highest BCUT2D eigenvalue weighted by Gasteiger charge is 2.29. The Morgan fingerprint density at radius 2 is 1.96 bits per heavy atom. The minimum absolute atomic E-state index is 0.0512. The van der Waals surface area contributed by atoms with Crippen molar-refractivity contribution < 1.29 is 18.7 Å². The molecule has 1 heterocycles. The maximum atomic E-state index is 13.3. The van der Waals surface area contributed by atoms with Crippen LogP contribution in [0.15, 0.2) is 18.2 Å². The van der Waals surface area contributed by atoms with E-state index in [4.69, 9.17) is 16.3 Å². The van der Waals surface area contributed by atoms with Crippen molar-refractivity contribution in [2.45, 2.75) is 19.4 Å². The molecule has 8 heteroatoms. The first kappa shape index (κ1) is 18.6. The summed E-state index contributed by atoms with van der Waals surface area (Å²) in [6.45, 7) is 7.16. The lowest BCUT2D eigenvalue weighted by Crippen LogP contribution is -2.56. The molecule has 0 spiro atoms. The van der Waals surface area contributed by atoms with Gasteiger partial charge in [-0.3, -0.25) is 14.5 Å². The molecular formula is C16H21ClFN3O3. The summed E-state index contributed by atoms with van der Waals surface area (Å²) >= 11 is 5.57. The standard InChI is InChI=1S/C16H21ClFN3O3/c1-16(2,21-5-7-24-8-6-21)10-19-14(22)15(23)20-11-3-4-12(17)13(18)9-11/h3-4,9H,5-8,10H2,1-2H3,(H,19,22)(H,20,23). The highest BCUT2D eigenvalue weighted by Crippen LogP contribution is 2.18. The van der Waals surface area contributed by atoms with Crippen LogP contribution in [0, 0.1) is 5.82 Å². The van der Waals surface area contributed by atoms with Gasteiger partial charge in [-0.2, -0.15) is 0 Å². The lowest BCUT2D eigenvalue weighted by Gasteiger charge is -2.40. The van der Waals surface area contributed by atoms with Crippen molar-refractivity contribution in [1.29, 1.82) is 0 Å². The minimum Gasteiger partial charge on any atom is -0.379 e. The average molecular weight is 358 g/mol. The van der Waals surface area contributed by atoms with Crippen molar-refractivity contribution in [2.75, 3.05) is 38.2 Å². The fourth-order valence-electron chi connectivity index (χ4n) is 2.42. The van der Waals surface area contributed by atoms with E-state index < -0.39 is 17.6 Å². The van der Waals surface area contributed by atoms with Gasteiger partial charge >= 0.3 is 11.8 Å². The monoisotopic (exact) mass is 357 g/mol. The summed E-state index contributed by atoms with van der Waals surface area (Å²) in [4.78, 5) is 26.0. The van der Waals surface area contributed by atoms with E-state index >= 15 is 0 Å². The zero-order valence-corrected chi connectivity index (χ0v) is 14.5. The Labute approximate surface area is 145 Å². The normalized spacial score (nSPS) is 15.8. The first-order chi connectivity index (χ1) is 11.3. The summed E-state index contributed by atoms with van der Waals surface area (Å²) in [7, 11) is 0. The van der Waals surface area contributed by atoms with Crippen molar-refractivity contribution in [3.05, 3.63) is 29.0 Å². The molecule has 1 aliphatic heterocycles. The molecule has 1 fully saturated rings. The Bertz CT molecular complexity index is 619. The molecule has 2 amide bonds. The SMILES string of the molecule is CC(C)(CNC(=O)C(=O)Nc1ccc(Cl)c(F)c1)N1CCOCC1. The third-order valence-corrected chi connectivity index (χ3v) is 4.24. The van der Waals surface area contributed by atoms with E-state index in [0.29, 0.717) is 19.8 Å². The van der Waals surface area contributed by atoms with Crippen LogP contribution in [0.4, 0.5) is 10.1 Å². The molecule has 0 saturated carbocycles. The van der Waals surface area contributed by atoms with Crippen LogP contribution in [0.3, 0.4) is 0 Å². The number of nitrogens with one attached hydrogen (secondary N) is 2. The molecule has 0 atom stereocenters. The van der Waals surface area contributed by atoms with Gasteiger partial charge in [0, 0.05) is 30.9 Å². The molecule has 1 saturated heterocycles. The zero-order chi connectivity index (χ0) is 17.7. The van der Waals surface area contributed by atoms with Crippen molar-refractivity contribution >= 4 is 29.1 Å².